The molecule has 2 aromatic heterocycles. The summed E-state index contributed by atoms with van der Waals surface area (Å²) in [6.07, 6.45) is -2.79. The Morgan fingerprint density at radius 2 is 1.79 bits per heavy atom. The lowest BCUT2D eigenvalue weighted by Crippen LogP contribution is -2.47. The minimum atomic E-state index is -4.54. The van der Waals surface area contributed by atoms with Crippen LogP contribution < -0.4 is 10.6 Å². The fourth-order valence-corrected chi connectivity index (χ4v) is 4.28. The zero-order chi connectivity index (χ0) is 24.3. The molecule has 34 heavy (non-hydrogen) atoms. The number of amides is 1. The predicted molar refractivity (Wildman–Crippen MR) is 124 cm³/mol. The van der Waals surface area contributed by atoms with E-state index in [1.807, 2.05) is 31.0 Å². The summed E-state index contributed by atoms with van der Waals surface area (Å²) >= 11 is 1.19. The fourth-order valence-electron chi connectivity index (χ4n) is 3.46. The molecule has 1 fully saturated rings. The van der Waals surface area contributed by atoms with Crippen LogP contribution in [0.15, 0.2) is 36.7 Å². The van der Waals surface area contributed by atoms with E-state index in [0.29, 0.717) is 23.3 Å². The van der Waals surface area contributed by atoms with Gasteiger partial charge in [-0.15, -0.1) is 0 Å². The molecule has 4 rings (SSSR count). The first-order valence-electron chi connectivity index (χ1n) is 10.6. The van der Waals surface area contributed by atoms with Crippen molar-refractivity contribution < 1.29 is 18.0 Å². The van der Waals surface area contributed by atoms with Gasteiger partial charge >= 0.3 is 6.18 Å². The van der Waals surface area contributed by atoms with Crippen LogP contribution in [0.4, 0.5) is 29.7 Å². The summed E-state index contributed by atoms with van der Waals surface area (Å²) in [4.78, 5) is 24.0. The van der Waals surface area contributed by atoms with E-state index < -0.39 is 11.9 Å². The Morgan fingerprint density at radius 1 is 1.09 bits per heavy atom. The molecule has 8 nitrogen and oxygen atoms in total. The zero-order valence-corrected chi connectivity index (χ0v) is 19.5. The van der Waals surface area contributed by atoms with Gasteiger partial charge in [-0.1, -0.05) is 0 Å². The number of aryl methyl sites for hydroxylation is 1. The molecule has 0 aliphatic carbocycles. The number of benzene rings is 1. The van der Waals surface area contributed by atoms with Crippen LogP contribution in [0, 0.1) is 6.92 Å². The lowest BCUT2D eigenvalue weighted by molar-refractivity contribution is -0.141. The highest BCUT2D eigenvalue weighted by molar-refractivity contribution is 7.10. The van der Waals surface area contributed by atoms with Gasteiger partial charge in [0.05, 0.1) is 18.1 Å². The van der Waals surface area contributed by atoms with Gasteiger partial charge in [-0.2, -0.15) is 17.5 Å². The summed E-state index contributed by atoms with van der Waals surface area (Å²) in [5.74, 6) is 0.228. The maximum atomic E-state index is 12.7. The van der Waals surface area contributed by atoms with Gasteiger partial charge in [0.2, 0.25) is 0 Å². The first-order chi connectivity index (χ1) is 16.2. The molecule has 3 heterocycles. The van der Waals surface area contributed by atoms with Gasteiger partial charge in [-0.3, -0.25) is 4.79 Å². The SMILES string of the molecule is Cc1nsc(Nc2cnc(C(F)(F)F)cn2)c1CNc1ccc(C(=O)N2CCN(C)CC2)cc1. The van der Waals surface area contributed by atoms with Crippen LogP contribution in [0.5, 0.6) is 0 Å². The molecule has 0 radical (unpaired) electrons. The summed E-state index contributed by atoms with van der Waals surface area (Å²) in [6, 6.07) is 7.32. The lowest BCUT2D eigenvalue weighted by atomic mass is 10.1. The molecule has 1 aromatic carbocycles. The standard InChI is InChI=1S/C22H24F3N7OS/c1-14-17(20(34-30-14)29-19-13-27-18(12-28-19)22(23,24)25)11-26-16-5-3-15(4-6-16)21(33)32-9-7-31(2)8-10-32/h3-6,12-13,26H,7-11H2,1-2H3,(H,28,29). The van der Waals surface area contributed by atoms with Gasteiger partial charge in [0.25, 0.3) is 5.91 Å². The summed E-state index contributed by atoms with van der Waals surface area (Å²) < 4.78 is 42.4. The number of hydrogen-bond acceptors (Lipinski definition) is 8. The maximum absolute atomic E-state index is 12.7. The molecule has 0 unspecified atom stereocenters. The number of rotatable bonds is 6. The van der Waals surface area contributed by atoms with Crippen LogP contribution >= 0.6 is 11.5 Å². The van der Waals surface area contributed by atoms with Crippen LogP contribution in [-0.4, -0.2) is 63.3 Å². The molecule has 0 atom stereocenters. The van der Waals surface area contributed by atoms with Crippen LogP contribution in [-0.2, 0) is 12.7 Å². The number of likely N-dealkylation sites (N-methyl/N-ethyl adjacent to an activating group) is 1. The van der Waals surface area contributed by atoms with Gasteiger partial charge in [0.1, 0.15) is 10.8 Å². The van der Waals surface area contributed by atoms with Crippen molar-refractivity contribution >= 4 is 33.9 Å². The zero-order valence-electron chi connectivity index (χ0n) is 18.7. The summed E-state index contributed by atoms with van der Waals surface area (Å²) in [6.45, 7) is 5.47. The third-order valence-electron chi connectivity index (χ3n) is 5.56. The Morgan fingerprint density at radius 3 is 2.41 bits per heavy atom. The minimum Gasteiger partial charge on any atom is -0.381 e. The van der Waals surface area contributed by atoms with Crippen molar-refractivity contribution in [2.45, 2.75) is 19.6 Å². The van der Waals surface area contributed by atoms with Gasteiger partial charge in [-0.25, -0.2) is 9.97 Å². The predicted octanol–water partition coefficient (Wildman–Crippen LogP) is 4.00. The molecule has 1 aliphatic heterocycles. The third-order valence-corrected chi connectivity index (χ3v) is 6.46. The second kappa shape index (κ2) is 9.94. The van der Waals surface area contributed by atoms with Crippen molar-refractivity contribution in [3.63, 3.8) is 0 Å². The number of hydrogen-bond donors (Lipinski definition) is 2. The number of anilines is 3. The second-order valence-corrected chi connectivity index (χ2v) is 8.79. The Labute approximate surface area is 199 Å². The highest BCUT2D eigenvalue weighted by Crippen LogP contribution is 2.30. The van der Waals surface area contributed by atoms with E-state index in [1.165, 1.54) is 11.5 Å². The smallest absolute Gasteiger partial charge is 0.381 e. The minimum absolute atomic E-state index is 0.0293. The summed E-state index contributed by atoms with van der Waals surface area (Å²) in [7, 11) is 2.05. The van der Waals surface area contributed by atoms with E-state index in [1.54, 1.807) is 12.1 Å². The molecule has 12 heteroatoms. The normalized spacial score (nSPS) is 14.8. The molecule has 0 spiro atoms. The number of aromatic nitrogens is 3. The third kappa shape index (κ3) is 5.62. The van der Waals surface area contributed by atoms with E-state index in [4.69, 9.17) is 0 Å². The first-order valence-corrected chi connectivity index (χ1v) is 11.4. The van der Waals surface area contributed by atoms with Gasteiger partial charge < -0.3 is 20.4 Å². The summed E-state index contributed by atoms with van der Waals surface area (Å²) in [5, 5.41) is 6.97. The number of piperazine rings is 1. The van der Waals surface area contributed by atoms with Crippen molar-refractivity contribution in [2.24, 2.45) is 0 Å². The van der Waals surface area contributed by atoms with Crippen molar-refractivity contribution in [3.05, 3.63) is 59.2 Å². The fraction of sp³-hybridized carbons (Fsp3) is 0.364. The van der Waals surface area contributed by atoms with Crippen molar-refractivity contribution in [3.8, 4) is 0 Å². The first kappa shape index (κ1) is 23.9. The van der Waals surface area contributed by atoms with Gasteiger partial charge in [0.15, 0.2) is 5.69 Å². The van der Waals surface area contributed by atoms with E-state index in [2.05, 4.69) is 29.9 Å². The number of halogens is 3. The number of nitrogens with zero attached hydrogens (tertiary/aromatic N) is 5. The Balaban J connectivity index is 1.38. The molecular weight excluding hydrogens is 467 g/mol. The van der Waals surface area contributed by atoms with Gasteiger partial charge in [0, 0.05) is 49.5 Å². The number of carbonyl (C=O) groups excluding carboxylic acids is 1. The van der Waals surface area contributed by atoms with E-state index in [9.17, 15) is 18.0 Å². The molecule has 180 valence electrons. The molecule has 1 saturated heterocycles. The number of alkyl halides is 3. The van der Waals surface area contributed by atoms with Crippen molar-refractivity contribution in [1.29, 1.82) is 0 Å². The topological polar surface area (TPSA) is 86.3 Å². The number of carbonyl (C=O) groups is 1. The van der Waals surface area contributed by atoms with Crippen molar-refractivity contribution in [1.82, 2.24) is 24.1 Å². The second-order valence-electron chi connectivity index (χ2n) is 8.01. The lowest BCUT2D eigenvalue weighted by Gasteiger charge is -2.32. The van der Waals surface area contributed by atoms with Crippen molar-refractivity contribution in [2.75, 3.05) is 43.9 Å². The average molecular weight is 492 g/mol. The summed E-state index contributed by atoms with van der Waals surface area (Å²) in [5.41, 5.74) is 2.09. The quantitative estimate of drug-likeness (QED) is 0.539. The van der Waals surface area contributed by atoms with E-state index in [-0.39, 0.29) is 11.7 Å². The molecule has 1 amide bonds. The maximum Gasteiger partial charge on any atom is 0.434 e. The molecule has 0 saturated carbocycles. The monoisotopic (exact) mass is 491 g/mol. The van der Waals surface area contributed by atoms with Crippen LogP contribution in [0.3, 0.4) is 0 Å². The van der Waals surface area contributed by atoms with E-state index in [0.717, 1.165) is 49.3 Å². The van der Waals surface area contributed by atoms with E-state index >= 15 is 0 Å². The van der Waals surface area contributed by atoms with Crippen LogP contribution in [0.2, 0.25) is 0 Å². The Bertz CT molecular complexity index is 1120. The molecule has 2 N–H and O–H groups in total. The molecule has 3 aromatic rings. The van der Waals surface area contributed by atoms with Crippen LogP contribution in [0.25, 0.3) is 0 Å². The Hall–Kier alpha value is -3.25. The molecule has 0 bridgehead atoms. The largest absolute Gasteiger partial charge is 0.434 e. The average Bonchev–Trinajstić information content (AvgIpc) is 3.16. The molecule has 1 aliphatic rings. The molecular formula is C22H24F3N7OS. The number of nitrogens with one attached hydrogen (secondary N) is 2. The highest BCUT2D eigenvalue weighted by Gasteiger charge is 2.32. The Kier molecular flexibility index (Phi) is 6.98. The van der Waals surface area contributed by atoms with Crippen LogP contribution in [0.1, 0.15) is 27.3 Å². The van der Waals surface area contributed by atoms with Gasteiger partial charge in [-0.05, 0) is 49.8 Å². The highest BCUT2D eigenvalue weighted by atomic mass is 32.1.